The van der Waals surface area contributed by atoms with Gasteiger partial charge in [0.1, 0.15) is 0 Å². The van der Waals surface area contributed by atoms with Crippen LogP contribution in [-0.4, -0.2) is 28.7 Å². The molecule has 0 bridgehead atoms. The summed E-state index contributed by atoms with van der Waals surface area (Å²) in [5.74, 6) is -1.92. The third-order valence-corrected chi connectivity index (χ3v) is 5.26. The second-order valence-corrected chi connectivity index (χ2v) is 8.81. The minimum absolute atomic E-state index is 0.0979. The molecule has 0 saturated heterocycles. The molecule has 0 aromatic rings. The largest absolute Gasteiger partial charge is 0.481 e. The fraction of sp³-hybridized carbons (Fsp3) is 0.840. The highest BCUT2D eigenvalue weighted by atomic mass is 16.4. The summed E-state index contributed by atoms with van der Waals surface area (Å²) < 4.78 is 0. The lowest BCUT2D eigenvalue weighted by atomic mass is 9.88. The molecule has 0 aromatic carbocycles. The van der Waals surface area contributed by atoms with Crippen LogP contribution in [-0.2, 0) is 9.59 Å². The molecule has 178 valence electrons. The lowest BCUT2D eigenvalue weighted by Gasteiger charge is -2.16. The fourth-order valence-corrected chi connectivity index (χ4v) is 2.92. The first-order valence-electron chi connectivity index (χ1n) is 12.1. The van der Waals surface area contributed by atoms with Crippen molar-refractivity contribution in [3.63, 3.8) is 0 Å². The van der Waals surface area contributed by atoms with E-state index >= 15 is 0 Å². The van der Waals surface area contributed by atoms with E-state index in [-0.39, 0.29) is 12.8 Å². The number of carboxylic acid groups (broad SMARTS) is 2. The fourth-order valence-electron chi connectivity index (χ4n) is 2.92. The normalized spacial score (nSPS) is 11.3. The van der Waals surface area contributed by atoms with Crippen LogP contribution in [0.4, 0.5) is 0 Å². The van der Waals surface area contributed by atoms with Gasteiger partial charge in [0.15, 0.2) is 0 Å². The van der Waals surface area contributed by atoms with Crippen molar-refractivity contribution in [2.24, 2.45) is 11.1 Å². The summed E-state index contributed by atoms with van der Waals surface area (Å²) in [7, 11) is 0. The van der Waals surface area contributed by atoms with Gasteiger partial charge in [-0.25, -0.2) is 0 Å². The molecule has 0 radical (unpaired) electrons. The zero-order valence-electron chi connectivity index (χ0n) is 20.0. The zero-order valence-corrected chi connectivity index (χ0v) is 20.0. The van der Waals surface area contributed by atoms with Gasteiger partial charge in [-0.2, -0.15) is 0 Å². The van der Waals surface area contributed by atoms with Crippen molar-refractivity contribution in [3.8, 4) is 0 Å². The molecule has 0 rings (SSSR count). The van der Waals surface area contributed by atoms with Gasteiger partial charge in [-0.05, 0) is 58.9 Å². The molecule has 0 aliphatic carbocycles. The molecule has 0 unspecified atom stereocenters. The molecule has 0 amide bonds. The van der Waals surface area contributed by atoms with Crippen LogP contribution < -0.4 is 5.73 Å². The number of allylic oxidation sites excluding steroid dienone is 2. The number of carboxylic acids is 2. The Kier molecular flexibility index (Phi) is 22.9. The van der Waals surface area contributed by atoms with Crippen molar-refractivity contribution in [2.75, 3.05) is 6.54 Å². The Balaban J connectivity index is 0. The molecule has 0 aliphatic heterocycles. The smallest absolute Gasteiger partial charge is 0.309 e. The molecule has 4 N–H and O–H groups in total. The summed E-state index contributed by atoms with van der Waals surface area (Å²) >= 11 is 0. The Morgan fingerprint density at radius 3 is 1.60 bits per heavy atom. The molecule has 30 heavy (non-hydrogen) atoms. The number of unbranched alkanes of at least 4 members (excludes halogenated alkanes) is 12. The Bertz CT molecular complexity index is 433. The molecule has 0 heterocycles. The van der Waals surface area contributed by atoms with Gasteiger partial charge >= 0.3 is 11.9 Å². The highest BCUT2D eigenvalue weighted by Gasteiger charge is 2.27. The van der Waals surface area contributed by atoms with Crippen LogP contribution in [0.2, 0.25) is 0 Å². The Morgan fingerprint density at radius 1 is 0.767 bits per heavy atom. The third kappa shape index (κ3) is 24.7. The predicted molar refractivity (Wildman–Crippen MR) is 127 cm³/mol. The van der Waals surface area contributed by atoms with Crippen molar-refractivity contribution in [3.05, 3.63) is 12.2 Å². The van der Waals surface area contributed by atoms with Crippen LogP contribution in [0, 0.1) is 5.41 Å². The first-order chi connectivity index (χ1) is 14.3. The minimum atomic E-state index is -0.959. The maximum atomic E-state index is 10.4. The maximum Gasteiger partial charge on any atom is 0.309 e. The van der Waals surface area contributed by atoms with E-state index in [2.05, 4.69) is 19.1 Å². The summed E-state index contributed by atoms with van der Waals surface area (Å²) in [6, 6.07) is 0. The van der Waals surface area contributed by atoms with Crippen molar-refractivity contribution in [1.29, 1.82) is 0 Å². The number of hydrogen-bond donors (Lipinski definition) is 3. The van der Waals surface area contributed by atoms with E-state index in [4.69, 9.17) is 15.9 Å². The standard InChI is InChI=1S/C18H37N.C7H12O4/c1-2-3-4-5-6-7-8-9-10-11-12-13-14-15-16-17-18-19;1-7(2,6(10)11)4-3-5(8)9/h9-10H,2-8,11-19H2,1H3;3-4H2,1-2H3,(H,8,9)(H,10,11). The SMILES string of the molecule is CC(C)(CCC(=O)O)C(=O)O.CCCCCCCCC=CCCCCCCCCN. The molecule has 0 saturated carbocycles. The van der Waals surface area contributed by atoms with Gasteiger partial charge in [-0.1, -0.05) is 76.9 Å². The monoisotopic (exact) mass is 427 g/mol. The maximum absolute atomic E-state index is 10.4. The molecule has 0 fully saturated rings. The van der Waals surface area contributed by atoms with E-state index in [1.165, 1.54) is 104 Å². The predicted octanol–water partition coefficient (Wildman–Crippen LogP) is 6.94. The summed E-state index contributed by atoms with van der Waals surface area (Å²) in [5, 5.41) is 16.8. The van der Waals surface area contributed by atoms with Gasteiger partial charge in [0.05, 0.1) is 5.41 Å². The molecule has 0 aliphatic rings. The summed E-state index contributed by atoms with van der Waals surface area (Å²) in [6.07, 6.45) is 24.0. The van der Waals surface area contributed by atoms with Crippen LogP contribution in [0.1, 0.15) is 124 Å². The highest BCUT2D eigenvalue weighted by molar-refractivity contribution is 5.75. The molecule has 0 atom stereocenters. The van der Waals surface area contributed by atoms with E-state index in [0.717, 1.165) is 6.54 Å². The van der Waals surface area contributed by atoms with Gasteiger partial charge in [0, 0.05) is 6.42 Å². The Morgan fingerprint density at radius 2 is 1.20 bits per heavy atom. The number of aliphatic carboxylic acids is 2. The van der Waals surface area contributed by atoms with Crippen LogP contribution in [0.5, 0.6) is 0 Å². The third-order valence-electron chi connectivity index (χ3n) is 5.26. The van der Waals surface area contributed by atoms with E-state index in [0.29, 0.717) is 0 Å². The Hall–Kier alpha value is -1.36. The average molecular weight is 428 g/mol. The van der Waals surface area contributed by atoms with Crippen LogP contribution in [0.25, 0.3) is 0 Å². The second-order valence-electron chi connectivity index (χ2n) is 8.81. The van der Waals surface area contributed by atoms with E-state index < -0.39 is 17.4 Å². The van der Waals surface area contributed by atoms with Crippen molar-refractivity contribution in [2.45, 2.75) is 124 Å². The topological polar surface area (TPSA) is 101 Å². The van der Waals surface area contributed by atoms with Crippen LogP contribution in [0.3, 0.4) is 0 Å². The number of hydrogen-bond acceptors (Lipinski definition) is 3. The van der Waals surface area contributed by atoms with Crippen LogP contribution in [0.15, 0.2) is 12.2 Å². The summed E-state index contributed by atoms with van der Waals surface area (Å²) in [4.78, 5) is 20.5. The molecule has 5 heteroatoms. The summed E-state index contributed by atoms with van der Waals surface area (Å²) in [6.45, 7) is 6.17. The lowest BCUT2D eigenvalue weighted by Crippen LogP contribution is -2.24. The average Bonchev–Trinajstić information content (AvgIpc) is 2.70. The first kappa shape index (κ1) is 30.8. The molecule has 0 aromatic heterocycles. The summed E-state index contributed by atoms with van der Waals surface area (Å²) in [5.41, 5.74) is 4.54. The van der Waals surface area contributed by atoms with Crippen LogP contribution >= 0.6 is 0 Å². The zero-order chi connectivity index (χ0) is 23.1. The van der Waals surface area contributed by atoms with E-state index in [1.807, 2.05) is 0 Å². The van der Waals surface area contributed by atoms with E-state index in [9.17, 15) is 9.59 Å². The molecule has 0 spiro atoms. The highest BCUT2D eigenvalue weighted by Crippen LogP contribution is 2.21. The van der Waals surface area contributed by atoms with Gasteiger partial charge < -0.3 is 15.9 Å². The quantitative estimate of drug-likeness (QED) is 0.153. The second kappa shape index (κ2) is 22.3. The first-order valence-corrected chi connectivity index (χ1v) is 12.1. The van der Waals surface area contributed by atoms with Gasteiger partial charge in [0.2, 0.25) is 0 Å². The molecular weight excluding hydrogens is 378 g/mol. The molecular formula is C25H49NO4. The molecule has 5 nitrogen and oxygen atoms in total. The Labute approximate surface area is 185 Å². The van der Waals surface area contributed by atoms with Gasteiger partial charge in [0.25, 0.3) is 0 Å². The number of nitrogens with two attached hydrogens (primary N) is 1. The van der Waals surface area contributed by atoms with Crippen molar-refractivity contribution < 1.29 is 19.8 Å². The van der Waals surface area contributed by atoms with Crippen molar-refractivity contribution >= 4 is 11.9 Å². The van der Waals surface area contributed by atoms with Crippen molar-refractivity contribution in [1.82, 2.24) is 0 Å². The number of carbonyl (C=O) groups is 2. The van der Waals surface area contributed by atoms with Gasteiger partial charge in [-0.3, -0.25) is 9.59 Å². The lowest BCUT2D eigenvalue weighted by molar-refractivity contribution is -0.148. The minimum Gasteiger partial charge on any atom is -0.481 e. The van der Waals surface area contributed by atoms with Gasteiger partial charge in [-0.15, -0.1) is 0 Å². The number of rotatable bonds is 19. The van der Waals surface area contributed by atoms with E-state index in [1.54, 1.807) is 0 Å².